The van der Waals surface area contributed by atoms with E-state index < -0.39 is 29.2 Å². The number of allylic oxidation sites excluding steroid dienone is 1. The predicted octanol–water partition coefficient (Wildman–Crippen LogP) is 9.53. The van der Waals surface area contributed by atoms with Crippen LogP contribution in [0.3, 0.4) is 0 Å². The van der Waals surface area contributed by atoms with Crippen molar-refractivity contribution in [1.29, 1.82) is 0 Å². The van der Waals surface area contributed by atoms with Gasteiger partial charge in [0.1, 0.15) is 17.5 Å². The summed E-state index contributed by atoms with van der Waals surface area (Å²) in [6.45, 7) is 2.18. The van der Waals surface area contributed by atoms with Crippen molar-refractivity contribution < 1.29 is 26.3 Å². The van der Waals surface area contributed by atoms with E-state index in [4.69, 9.17) is 0 Å². The number of hydrogen-bond acceptors (Lipinski definition) is 0. The first-order valence-corrected chi connectivity index (χ1v) is 11.3. The Kier molecular flexibility index (Phi) is 8.59. The molecule has 180 valence electrons. The van der Waals surface area contributed by atoms with Gasteiger partial charge in [0, 0.05) is 17.2 Å². The van der Waals surface area contributed by atoms with Crippen molar-refractivity contribution >= 4 is 6.08 Å². The van der Waals surface area contributed by atoms with Crippen molar-refractivity contribution in [2.75, 3.05) is 0 Å². The topological polar surface area (TPSA) is 0 Å². The van der Waals surface area contributed by atoms with Gasteiger partial charge in [0.05, 0.1) is 0 Å². The first-order valence-electron chi connectivity index (χ1n) is 11.3. The second-order valence-electron chi connectivity index (χ2n) is 8.28. The van der Waals surface area contributed by atoms with Crippen molar-refractivity contribution in [3.8, 4) is 22.3 Å². The highest BCUT2D eigenvalue weighted by molar-refractivity contribution is 5.72. The Hall–Kier alpha value is -3.02. The highest BCUT2D eigenvalue weighted by Gasteiger charge is 2.23. The monoisotopic (exact) mass is 476 g/mol. The van der Waals surface area contributed by atoms with Crippen molar-refractivity contribution in [3.63, 3.8) is 0 Å². The largest absolute Gasteiger partial charge is 0.409 e. The second kappa shape index (κ2) is 11.4. The van der Waals surface area contributed by atoms with Gasteiger partial charge >= 0.3 is 6.18 Å². The molecule has 0 atom stereocenters. The second-order valence-corrected chi connectivity index (χ2v) is 8.28. The lowest BCUT2D eigenvalue weighted by atomic mass is 9.97. The number of unbranched alkanes of at least 4 members (excludes halogenated alkanes) is 4. The zero-order valence-electron chi connectivity index (χ0n) is 18.9. The molecule has 0 fully saturated rings. The number of halogens is 6. The van der Waals surface area contributed by atoms with Gasteiger partial charge in [-0.25, -0.2) is 13.2 Å². The third kappa shape index (κ3) is 6.99. The molecule has 0 aromatic heterocycles. The summed E-state index contributed by atoms with van der Waals surface area (Å²) in [5, 5.41) is 0. The van der Waals surface area contributed by atoms with Crippen LogP contribution >= 0.6 is 0 Å². The summed E-state index contributed by atoms with van der Waals surface area (Å²) >= 11 is 0. The van der Waals surface area contributed by atoms with E-state index in [9.17, 15) is 26.3 Å². The Morgan fingerprint density at radius 2 is 1.26 bits per heavy atom. The first-order chi connectivity index (χ1) is 16.2. The van der Waals surface area contributed by atoms with Crippen molar-refractivity contribution in [3.05, 3.63) is 89.3 Å². The molecular formula is C28H26F6. The minimum absolute atomic E-state index is 0.0448. The molecule has 0 spiro atoms. The molecule has 6 heteroatoms. The Labute approximate surface area is 195 Å². The fraction of sp³-hybridized carbons (Fsp3) is 0.286. The van der Waals surface area contributed by atoms with Gasteiger partial charge in [0.2, 0.25) is 0 Å². The fourth-order valence-electron chi connectivity index (χ4n) is 3.80. The standard InChI is InChI=1S/C28H26F6/c1-2-3-4-5-6-7-19-8-10-20(11-9-19)21-12-13-23(25(29)16-21)22-17-26(30)24(27(31)18-22)14-15-28(32,33)34/h8-18H,2-7H2,1H3. The van der Waals surface area contributed by atoms with E-state index >= 15 is 0 Å². The van der Waals surface area contributed by atoms with Crippen LogP contribution in [-0.2, 0) is 6.42 Å². The molecule has 0 amide bonds. The highest BCUT2D eigenvalue weighted by atomic mass is 19.4. The van der Waals surface area contributed by atoms with E-state index in [2.05, 4.69) is 6.92 Å². The third-order valence-electron chi connectivity index (χ3n) is 5.65. The van der Waals surface area contributed by atoms with Crippen molar-refractivity contribution in [1.82, 2.24) is 0 Å². The van der Waals surface area contributed by atoms with Crippen molar-refractivity contribution in [2.24, 2.45) is 0 Å². The third-order valence-corrected chi connectivity index (χ3v) is 5.65. The van der Waals surface area contributed by atoms with Gasteiger partial charge in [-0.3, -0.25) is 0 Å². The lowest BCUT2D eigenvalue weighted by molar-refractivity contribution is -0.0790. The lowest BCUT2D eigenvalue weighted by Gasteiger charge is -2.10. The average Bonchev–Trinajstić information content (AvgIpc) is 2.78. The Morgan fingerprint density at radius 3 is 1.85 bits per heavy atom. The maximum absolute atomic E-state index is 14.8. The normalized spacial score (nSPS) is 12.0. The molecule has 0 aliphatic rings. The summed E-state index contributed by atoms with van der Waals surface area (Å²) in [5.41, 5.74) is 1.66. The van der Waals surface area contributed by atoms with E-state index in [1.54, 1.807) is 6.07 Å². The van der Waals surface area contributed by atoms with Crippen LogP contribution in [-0.4, -0.2) is 6.18 Å². The Balaban J connectivity index is 1.76. The molecule has 0 N–H and O–H groups in total. The summed E-state index contributed by atoms with van der Waals surface area (Å²) in [6.07, 6.45) is 2.38. The zero-order valence-corrected chi connectivity index (χ0v) is 18.9. The maximum atomic E-state index is 14.8. The van der Waals surface area contributed by atoms with Crippen LogP contribution < -0.4 is 0 Å². The molecule has 0 saturated heterocycles. The van der Waals surface area contributed by atoms with Crippen LogP contribution in [0.5, 0.6) is 0 Å². The van der Waals surface area contributed by atoms with E-state index in [1.165, 1.54) is 43.4 Å². The summed E-state index contributed by atoms with van der Waals surface area (Å²) in [5.74, 6) is -3.09. The molecular weight excluding hydrogens is 450 g/mol. The number of hydrogen-bond donors (Lipinski definition) is 0. The zero-order chi connectivity index (χ0) is 24.7. The highest BCUT2D eigenvalue weighted by Crippen LogP contribution is 2.31. The van der Waals surface area contributed by atoms with Crippen LogP contribution in [0.15, 0.2) is 60.7 Å². The minimum atomic E-state index is -4.70. The van der Waals surface area contributed by atoms with Gasteiger partial charge in [0.25, 0.3) is 0 Å². The van der Waals surface area contributed by atoms with Gasteiger partial charge in [0.15, 0.2) is 0 Å². The Bertz CT molecular complexity index is 1100. The molecule has 3 rings (SSSR count). The first kappa shape index (κ1) is 25.6. The van der Waals surface area contributed by atoms with Gasteiger partial charge in [-0.05, 0) is 59.4 Å². The van der Waals surface area contributed by atoms with Crippen LogP contribution in [0, 0.1) is 17.5 Å². The fourth-order valence-corrected chi connectivity index (χ4v) is 3.80. The van der Waals surface area contributed by atoms with E-state index in [-0.39, 0.29) is 17.2 Å². The maximum Gasteiger partial charge on any atom is 0.409 e. The molecule has 3 aromatic carbocycles. The molecule has 0 heterocycles. The van der Waals surface area contributed by atoms with Crippen LogP contribution in [0.2, 0.25) is 0 Å². The molecule has 0 nitrogen and oxygen atoms in total. The van der Waals surface area contributed by atoms with E-state index in [1.807, 2.05) is 24.3 Å². The molecule has 34 heavy (non-hydrogen) atoms. The molecule has 0 bridgehead atoms. The molecule has 0 aliphatic heterocycles. The average molecular weight is 477 g/mol. The SMILES string of the molecule is CCCCCCCc1ccc(-c2ccc(-c3cc(F)c(C=CC(F)(F)F)c(F)c3)c(F)c2)cc1. The number of benzene rings is 3. The van der Waals surface area contributed by atoms with Gasteiger partial charge in [-0.1, -0.05) is 69.0 Å². The van der Waals surface area contributed by atoms with Crippen LogP contribution in [0.25, 0.3) is 28.3 Å². The van der Waals surface area contributed by atoms with E-state index in [0.29, 0.717) is 11.6 Å². The smallest absolute Gasteiger partial charge is 0.206 e. The predicted molar refractivity (Wildman–Crippen MR) is 125 cm³/mol. The molecule has 0 aliphatic carbocycles. The number of aryl methyl sites for hydroxylation is 1. The number of alkyl halides is 3. The quantitative estimate of drug-likeness (QED) is 0.213. The molecule has 0 saturated carbocycles. The van der Waals surface area contributed by atoms with Gasteiger partial charge in [-0.15, -0.1) is 0 Å². The molecule has 0 radical (unpaired) electrons. The van der Waals surface area contributed by atoms with Crippen LogP contribution in [0.1, 0.15) is 50.2 Å². The molecule has 3 aromatic rings. The lowest BCUT2D eigenvalue weighted by Crippen LogP contribution is -2.01. The van der Waals surface area contributed by atoms with Crippen LogP contribution in [0.4, 0.5) is 26.3 Å². The minimum Gasteiger partial charge on any atom is -0.206 e. The van der Waals surface area contributed by atoms with Gasteiger partial charge < -0.3 is 0 Å². The van der Waals surface area contributed by atoms with E-state index in [0.717, 1.165) is 30.5 Å². The summed E-state index contributed by atoms with van der Waals surface area (Å²) in [6, 6.07) is 13.8. The van der Waals surface area contributed by atoms with Gasteiger partial charge in [-0.2, -0.15) is 13.2 Å². The summed E-state index contributed by atoms with van der Waals surface area (Å²) in [4.78, 5) is 0. The Morgan fingerprint density at radius 1 is 0.676 bits per heavy atom. The number of rotatable bonds is 9. The molecule has 0 unspecified atom stereocenters. The summed E-state index contributed by atoms with van der Waals surface area (Å²) in [7, 11) is 0. The summed E-state index contributed by atoms with van der Waals surface area (Å²) < 4.78 is 80.3. The van der Waals surface area contributed by atoms with Crippen molar-refractivity contribution in [2.45, 2.75) is 51.6 Å².